The fourth-order valence-corrected chi connectivity index (χ4v) is 3.00. The maximum absolute atomic E-state index is 12.5. The number of carbonyl (C=O) groups excluding carboxylic acids is 1. The molecule has 1 amide bonds. The van der Waals surface area contributed by atoms with Crippen molar-refractivity contribution in [2.45, 2.75) is 37.7 Å². The Balaban J connectivity index is 1.73. The van der Waals surface area contributed by atoms with Crippen LogP contribution in [0.25, 0.3) is 5.69 Å². The SMILES string of the molecule is O=C(NCC1(O)CCCCC1)c1ccccc1-n1cccn1. The van der Waals surface area contributed by atoms with Crippen LogP contribution in [-0.2, 0) is 0 Å². The number of carbonyl (C=O) groups is 1. The van der Waals surface area contributed by atoms with E-state index >= 15 is 0 Å². The molecule has 1 aromatic heterocycles. The second-order valence-corrected chi connectivity index (χ2v) is 5.94. The second-order valence-electron chi connectivity index (χ2n) is 5.94. The highest BCUT2D eigenvalue weighted by Crippen LogP contribution is 2.27. The molecule has 2 aromatic rings. The predicted octanol–water partition coefficient (Wildman–Crippen LogP) is 2.30. The van der Waals surface area contributed by atoms with Gasteiger partial charge in [-0.05, 0) is 31.0 Å². The van der Waals surface area contributed by atoms with Crippen molar-refractivity contribution < 1.29 is 9.90 Å². The van der Waals surface area contributed by atoms with Gasteiger partial charge in [0.1, 0.15) is 0 Å². The van der Waals surface area contributed by atoms with Crippen LogP contribution in [-0.4, -0.2) is 32.9 Å². The second kappa shape index (κ2) is 6.32. The predicted molar refractivity (Wildman–Crippen MR) is 83.9 cm³/mol. The highest BCUT2D eigenvalue weighted by molar-refractivity contribution is 5.97. The zero-order chi connectivity index (χ0) is 15.4. The van der Waals surface area contributed by atoms with E-state index in [-0.39, 0.29) is 5.91 Å². The lowest BCUT2D eigenvalue weighted by atomic mass is 9.85. The number of aliphatic hydroxyl groups is 1. The molecule has 0 radical (unpaired) electrons. The third kappa shape index (κ3) is 3.20. The molecule has 116 valence electrons. The highest BCUT2D eigenvalue weighted by atomic mass is 16.3. The Labute approximate surface area is 130 Å². The van der Waals surface area contributed by atoms with E-state index in [0.29, 0.717) is 12.1 Å². The topological polar surface area (TPSA) is 67.2 Å². The molecule has 5 nitrogen and oxygen atoms in total. The van der Waals surface area contributed by atoms with Crippen LogP contribution in [0, 0.1) is 0 Å². The summed E-state index contributed by atoms with van der Waals surface area (Å²) in [6.45, 7) is 0.305. The molecule has 0 spiro atoms. The number of amides is 1. The molecule has 0 aliphatic heterocycles. The molecule has 1 aromatic carbocycles. The molecule has 1 heterocycles. The largest absolute Gasteiger partial charge is 0.388 e. The smallest absolute Gasteiger partial charge is 0.253 e. The molecular formula is C17H21N3O2. The summed E-state index contributed by atoms with van der Waals surface area (Å²) in [6, 6.07) is 9.16. The Morgan fingerprint density at radius 3 is 2.73 bits per heavy atom. The maximum atomic E-state index is 12.5. The van der Waals surface area contributed by atoms with Crippen LogP contribution in [0.2, 0.25) is 0 Å². The molecule has 5 heteroatoms. The van der Waals surface area contributed by atoms with Crippen molar-refractivity contribution in [1.82, 2.24) is 15.1 Å². The van der Waals surface area contributed by atoms with E-state index in [1.807, 2.05) is 24.3 Å². The first-order valence-corrected chi connectivity index (χ1v) is 7.78. The lowest BCUT2D eigenvalue weighted by Crippen LogP contribution is -2.44. The molecule has 1 fully saturated rings. The zero-order valence-corrected chi connectivity index (χ0v) is 12.5. The van der Waals surface area contributed by atoms with Crippen molar-refractivity contribution >= 4 is 5.91 Å². The summed E-state index contributed by atoms with van der Waals surface area (Å²) in [5.74, 6) is -0.176. The molecule has 0 atom stereocenters. The number of hydrogen-bond acceptors (Lipinski definition) is 3. The van der Waals surface area contributed by atoms with Gasteiger partial charge in [-0.1, -0.05) is 31.4 Å². The number of hydrogen-bond donors (Lipinski definition) is 2. The monoisotopic (exact) mass is 299 g/mol. The van der Waals surface area contributed by atoms with E-state index < -0.39 is 5.60 Å². The van der Waals surface area contributed by atoms with Crippen LogP contribution in [0.3, 0.4) is 0 Å². The first kappa shape index (κ1) is 14.8. The van der Waals surface area contributed by atoms with Crippen LogP contribution >= 0.6 is 0 Å². The van der Waals surface area contributed by atoms with Gasteiger partial charge in [-0.15, -0.1) is 0 Å². The fraction of sp³-hybridized carbons (Fsp3) is 0.412. The number of rotatable bonds is 4. The summed E-state index contributed by atoms with van der Waals surface area (Å²) in [5, 5.41) is 17.5. The van der Waals surface area contributed by atoms with Crippen LogP contribution < -0.4 is 5.32 Å². The molecule has 22 heavy (non-hydrogen) atoms. The van der Waals surface area contributed by atoms with E-state index in [9.17, 15) is 9.90 Å². The van der Waals surface area contributed by atoms with Gasteiger partial charge in [-0.3, -0.25) is 4.79 Å². The Kier molecular flexibility index (Phi) is 4.24. The first-order chi connectivity index (χ1) is 10.7. The molecule has 0 unspecified atom stereocenters. The molecule has 1 aliphatic rings. The lowest BCUT2D eigenvalue weighted by molar-refractivity contribution is 0.00525. The van der Waals surface area contributed by atoms with Crippen molar-refractivity contribution in [3.8, 4) is 5.69 Å². The minimum atomic E-state index is -0.755. The van der Waals surface area contributed by atoms with E-state index in [0.717, 1.165) is 31.4 Å². The molecule has 0 bridgehead atoms. The third-order valence-corrected chi connectivity index (χ3v) is 4.26. The summed E-state index contributed by atoms with van der Waals surface area (Å²) < 4.78 is 1.67. The van der Waals surface area contributed by atoms with Crippen LogP contribution in [0.15, 0.2) is 42.7 Å². The van der Waals surface area contributed by atoms with Crippen molar-refractivity contribution in [3.63, 3.8) is 0 Å². The molecular weight excluding hydrogens is 278 g/mol. The van der Waals surface area contributed by atoms with Crippen molar-refractivity contribution in [2.24, 2.45) is 0 Å². The minimum absolute atomic E-state index is 0.176. The minimum Gasteiger partial charge on any atom is -0.388 e. The van der Waals surface area contributed by atoms with Gasteiger partial charge in [0.05, 0.1) is 16.9 Å². The van der Waals surface area contributed by atoms with Gasteiger partial charge in [0.25, 0.3) is 5.91 Å². The third-order valence-electron chi connectivity index (χ3n) is 4.26. The molecule has 1 saturated carbocycles. The van der Waals surface area contributed by atoms with E-state index in [1.165, 1.54) is 6.42 Å². The maximum Gasteiger partial charge on any atom is 0.253 e. The average Bonchev–Trinajstić information content (AvgIpc) is 3.08. The number of para-hydroxylation sites is 1. The Hall–Kier alpha value is -2.14. The average molecular weight is 299 g/mol. The normalized spacial score (nSPS) is 17.1. The van der Waals surface area contributed by atoms with Gasteiger partial charge >= 0.3 is 0 Å². The number of nitrogens with one attached hydrogen (secondary N) is 1. The van der Waals surface area contributed by atoms with Gasteiger partial charge in [0.2, 0.25) is 0 Å². The Morgan fingerprint density at radius 2 is 2.00 bits per heavy atom. The van der Waals surface area contributed by atoms with E-state index in [4.69, 9.17) is 0 Å². The molecule has 1 aliphatic carbocycles. The summed E-state index contributed by atoms with van der Waals surface area (Å²) >= 11 is 0. The number of aromatic nitrogens is 2. The van der Waals surface area contributed by atoms with Crippen molar-refractivity contribution in [2.75, 3.05) is 6.54 Å². The van der Waals surface area contributed by atoms with E-state index in [2.05, 4.69) is 10.4 Å². The molecule has 3 rings (SSSR count). The van der Waals surface area contributed by atoms with Crippen molar-refractivity contribution in [1.29, 1.82) is 0 Å². The summed E-state index contributed by atoms with van der Waals surface area (Å²) in [6.07, 6.45) is 8.22. The number of benzene rings is 1. The molecule has 0 saturated heterocycles. The zero-order valence-electron chi connectivity index (χ0n) is 12.5. The van der Waals surface area contributed by atoms with Gasteiger partial charge in [-0.25, -0.2) is 4.68 Å². The summed E-state index contributed by atoms with van der Waals surface area (Å²) in [5.41, 5.74) is 0.542. The fourth-order valence-electron chi connectivity index (χ4n) is 3.00. The lowest BCUT2D eigenvalue weighted by Gasteiger charge is -2.32. The Bertz CT molecular complexity index is 631. The standard InChI is InChI=1S/C17H21N3O2/c21-16(18-13-17(22)9-4-1-5-10-17)14-7-2-3-8-15(14)20-12-6-11-19-20/h2-3,6-8,11-12,22H,1,4-5,9-10,13H2,(H,18,21). The first-order valence-electron chi connectivity index (χ1n) is 7.78. The van der Waals surface area contributed by atoms with Crippen LogP contribution in [0.1, 0.15) is 42.5 Å². The van der Waals surface area contributed by atoms with Crippen LogP contribution in [0.4, 0.5) is 0 Å². The van der Waals surface area contributed by atoms with Gasteiger partial charge < -0.3 is 10.4 Å². The van der Waals surface area contributed by atoms with Gasteiger partial charge in [-0.2, -0.15) is 5.10 Å². The van der Waals surface area contributed by atoms with Crippen molar-refractivity contribution in [3.05, 3.63) is 48.3 Å². The van der Waals surface area contributed by atoms with E-state index in [1.54, 1.807) is 23.1 Å². The quantitative estimate of drug-likeness (QED) is 0.910. The van der Waals surface area contributed by atoms with Gasteiger partial charge in [0, 0.05) is 18.9 Å². The Morgan fingerprint density at radius 1 is 1.23 bits per heavy atom. The van der Waals surface area contributed by atoms with Gasteiger partial charge in [0.15, 0.2) is 0 Å². The molecule has 2 N–H and O–H groups in total. The van der Waals surface area contributed by atoms with Crippen LogP contribution in [0.5, 0.6) is 0 Å². The highest BCUT2D eigenvalue weighted by Gasteiger charge is 2.29. The summed E-state index contributed by atoms with van der Waals surface area (Å²) in [7, 11) is 0. The summed E-state index contributed by atoms with van der Waals surface area (Å²) in [4.78, 5) is 12.5. The number of nitrogens with zero attached hydrogens (tertiary/aromatic N) is 2.